The second-order valence-corrected chi connectivity index (χ2v) is 3.89. The molecule has 0 aliphatic carbocycles. The van der Waals surface area contributed by atoms with Gasteiger partial charge in [0.25, 0.3) is 5.91 Å². The van der Waals surface area contributed by atoms with Crippen molar-refractivity contribution in [1.82, 2.24) is 4.90 Å². The van der Waals surface area contributed by atoms with Gasteiger partial charge in [0.2, 0.25) is 0 Å². The molecule has 1 heterocycles. The van der Waals surface area contributed by atoms with E-state index in [2.05, 4.69) is 0 Å². The quantitative estimate of drug-likeness (QED) is 0.715. The number of nitrogens with two attached hydrogens (primary N) is 1. The van der Waals surface area contributed by atoms with E-state index >= 15 is 0 Å². The molecule has 14 heavy (non-hydrogen) atoms. The maximum atomic E-state index is 11.8. The smallest absolute Gasteiger partial charge is 0.251 e. The molecule has 4 heteroatoms. The zero-order valence-corrected chi connectivity index (χ0v) is 9.03. The molecule has 0 saturated carbocycles. The van der Waals surface area contributed by atoms with E-state index in [1.54, 1.807) is 11.9 Å². The Kier molecular flexibility index (Phi) is 4.35. The Hall–Kier alpha value is -0.610. The van der Waals surface area contributed by atoms with Crippen LogP contribution in [0.5, 0.6) is 0 Å². The van der Waals surface area contributed by atoms with Crippen molar-refractivity contribution in [2.45, 2.75) is 38.3 Å². The summed E-state index contributed by atoms with van der Waals surface area (Å²) in [5, 5.41) is 0. The molecule has 1 aliphatic heterocycles. The van der Waals surface area contributed by atoms with Crippen molar-refractivity contribution in [1.29, 1.82) is 0 Å². The summed E-state index contributed by atoms with van der Waals surface area (Å²) in [7, 11) is 1.79. The predicted octanol–water partition coefficient (Wildman–Crippen LogP) is 0.361. The van der Waals surface area contributed by atoms with Crippen molar-refractivity contribution in [3.63, 3.8) is 0 Å². The van der Waals surface area contributed by atoms with Crippen LogP contribution in [-0.4, -0.2) is 43.2 Å². The van der Waals surface area contributed by atoms with Gasteiger partial charge in [-0.1, -0.05) is 0 Å². The van der Waals surface area contributed by atoms with Gasteiger partial charge >= 0.3 is 0 Å². The molecule has 0 aromatic rings. The number of nitrogens with zero attached hydrogens (tertiary/aromatic N) is 1. The summed E-state index contributed by atoms with van der Waals surface area (Å²) in [4.78, 5) is 13.5. The highest BCUT2D eigenvalue weighted by Gasteiger charge is 2.26. The summed E-state index contributed by atoms with van der Waals surface area (Å²) >= 11 is 0. The van der Waals surface area contributed by atoms with E-state index in [9.17, 15) is 4.79 Å². The van der Waals surface area contributed by atoms with Crippen molar-refractivity contribution in [2.75, 3.05) is 20.2 Å². The number of rotatable bonds is 3. The number of carbonyl (C=O) groups excluding carboxylic acids is 1. The largest absolute Gasteiger partial charge is 0.368 e. The molecule has 1 amide bonds. The Labute approximate surface area is 85.4 Å². The minimum atomic E-state index is -0.234. The number of hydrogen-bond acceptors (Lipinski definition) is 3. The third kappa shape index (κ3) is 2.69. The summed E-state index contributed by atoms with van der Waals surface area (Å²) < 4.78 is 5.42. The zero-order valence-electron chi connectivity index (χ0n) is 9.03. The summed E-state index contributed by atoms with van der Waals surface area (Å²) in [6.45, 7) is 3.15. The fourth-order valence-electron chi connectivity index (χ4n) is 1.54. The van der Waals surface area contributed by atoms with E-state index in [0.717, 1.165) is 19.3 Å². The van der Waals surface area contributed by atoms with E-state index in [1.165, 1.54) is 0 Å². The lowest BCUT2D eigenvalue weighted by Gasteiger charge is -2.30. The predicted molar refractivity (Wildman–Crippen MR) is 54.9 cm³/mol. The van der Waals surface area contributed by atoms with Crippen molar-refractivity contribution in [3.8, 4) is 0 Å². The monoisotopic (exact) mass is 200 g/mol. The standard InChI is InChI=1S/C10H20N2O2/c1-8(7-11)12(2)10(13)9-5-3-4-6-14-9/h8-9H,3-7,11H2,1-2H3. The minimum absolute atomic E-state index is 0.0719. The van der Waals surface area contributed by atoms with Gasteiger partial charge in [0.15, 0.2) is 0 Å². The topological polar surface area (TPSA) is 55.6 Å². The van der Waals surface area contributed by atoms with Gasteiger partial charge in [0.05, 0.1) is 0 Å². The van der Waals surface area contributed by atoms with Gasteiger partial charge in [-0.25, -0.2) is 0 Å². The second-order valence-electron chi connectivity index (χ2n) is 3.89. The normalized spacial score (nSPS) is 24.4. The number of ether oxygens (including phenoxy) is 1. The van der Waals surface area contributed by atoms with Crippen LogP contribution in [0.2, 0.25) is 0 Å². The average molecular weight is 200 g/mol. The summed E-state index contributed by atoms with van der Waals surface area (Å²) in [6.07, 6.45) is 2.77. The Balaban J connectivity index is 2.46. The SMILES string of the molecule is CC(CN)N(C)C(=O)C1CCCCO1. The van der Waals surface area contributed by atoms with Crippen molar-refractivity contribution >= 4 is 5.91 Å². The molecule has 1 saturated heterocycles. The van der Waals surface area contributed by atoms with Gasteiger partial charge in [0.1, 0.15) is 6.10 Å². The summed E-state index contributed by atoms with van der Waals surface area (Å²) in [5.41, 5.74) is 5.51. The number of likely N-dealkylation sites (N-methyl/N-ethyl adjacent to an activating group) is 1. The molecule has 0 aromatic heterocycles. The first-order valence-corrected chi connectivity index (χ1v) is 5.25. The third-order valence-electron chi connectivity index (χ3n) is 2.81. The van der Waals surface area contributed by atoms with Crippen LogP contribution in [0.3, 0.4) is 0 Å². The molecule has 82 valence electrons. The van der Waals surface area contributed by atoms with E-state index in [1.807, 2.05) is 6.92 Å². The second kappa shape index (κ2) is 5.32. The van der Waals surface area contributed by atoms with Crippen LogP contribution >= 0.6 is 0 Å². The minimum Gasteiger partial charge on any atom is -0.368 e. The van der Waals surface area contributed by atoms with E-state index in [0.29, 0.717) is 13.2 Å². The van der Waals surface area contributed by atoms with Crippen LogP contribution < -0.4 is 5.73 Å². The molecule has 0 radical (unpaired) electrons. The highest BCUT2D eigenvalue weighted by Crippen LogP contribution is 2.15. The van der Waals surface area contributed by atoms with Crippen LogP contribution in [0.25, 0.3) is 0 Å². The molecule has 0 bridgehead atoms. The van der Waals surface area contributed by atoms with Crippen LogP contribution in [0.1, 0.15) is 26.2 Å². The third-order valence-corrected chi connectivity index (χ3v) is 2.81. The van der Waals surface area contributed by atoms with Crippen LogP contribution in [0.4, 0.5) is 0 Å². The molecule has 4 nitrogen and oxygen atoms in total. The van der Waals surface area contributed by atoms with Crippen molar-refractivity contribution < 1.29 is 9.53 Å². The van der Waals surface area contributed by atoms with Gasteiger partial charge in [-0.2, -0.15) is 0 Å². The van der Waals surface area contributed by atoms with Crippen molar-refractivity contribution in [3.05, 3.63) is 0 Å². The Morgan fingerprint density at radius 2 is 2.36 bits per heavy atom. The van der Waals surface area contributed by atoms with E-state index in [4.69, 9.17) is 10.5 Å². The number of amides is 1. The Morgan fingerprint density at radius 3 is 2.86 bits per heavy atom. The lowest BCUT2D eigenvalue weighted by molar-refractivity contribution is -0.146. The highest BCUT2D eigenvalue weighted by atomic mass is 16.5. The molecule has 1 aliphatic rings. The maximum absolute atomic E-state index is 11.8. The first-order chi connectivity index (χ1) is 6.66. The Bertz CT molecular complexity index is 187. The fraction of sp³-hybridized carbons (Fsp3) is 0.900. The average Bonchev–Trinajstić information content (AvgIpc) is 2.27. The van der Waals surface area contributed by atoms with Gasteiger partial charge < -0.3 is 15.4 Å². The molecule has 0 spiro atoms. The van der Waals surface area contributed by atoms with Crippen LogP contribution in [-0.2, 0) is 9.53 Å². The van der Waals surface area contributed by atoms with Crippen molar-refractivity contribution in [2.24, 2.45) is 5.73 Å². The first-order valence-electron chi connectivity index (χ1n) is 5.25. The van der Waals surface area contributed by atoms with Gasteiger partial charge in [0, 0.05) is 26.2 Å². The van der Waals surface area contributed by atoms with E-state index in [-0.39, 0.29) is 18.1 Å². The molecule has 2 unspecified atom stereocenters. The maximum Gasteiger partial charge on any atom is 0.251 e. The Morgan fingerprint density at radius 1 is 1.64 bits per heavy atom. The molecular formula is C10H20N2O2. The van der Waals surface area contributed by atoms with Gasteiger partial charge in [-0.05, 0) is 26.2 Å². The van der Waals surface area contributed by atoms with E-state index < -0.39 is 0 Å². The highest BCUT2D eigenvalue weighted by molar-refractivity contribution is 5.81. The molecule has 2 atom stereocenters. The van der Waals surface area contributed by atoms with Gasteiger partial charge in [-0.3, -0.25) is 4.79 Å². The van der Waals surface area contributed by atoms with Crippen LogP contribution in [0.15, 0.2) is 0 Å². The molecule has 0 aromatic carbocycles. The number of carbonyl (C=O) groups is 1. The lowest BCUT2D eigenvalue weighted by atomic mass is 10.1. The zero-order chi connectivity index (χ0) is 10.6. The lowest BCUT2D eigenvalue weighted by Crippen LogP contribution is -2.46. The first kappa shape index (κ1) is 11.5. The van der Waals surface area contributed by atoms with Crippen LogP contribution in [0, 0.1) is 0 Å². The molecular weight excluding hydrogens is 180 g/mol. The number of hydrogen-bond donors (Lipinski definition) is 1. The summed E-state index contributed by atoms with van der Waals surface area (Å²) in [5.74, 6) is 0.0719. The summed E-state index contributed by atoms with van der Waals surface area (Å²) in [6, 6.07) is 0.0908. The molecule has 1 fully saturated rings. The molecule has 1 rings (SSSR count). The fourth-order valence-corrected chi connectivity index (χ4v) is 1.54. The molecule has 2 N–H and O–H groups in total. The van der Waals surface area contributed by atoms with Gasteiger partial charge in [-0.15, -0.1) is 0 Å².